The molecule has 0 heterocycles. The van der Waals surface area contributed by atoms with Gasteiger partial charge in [0, 0.05) is 0 Å². The first-order valence-corrected chi connectivity index (χ1v) is 29.6. The second-order valence-electron chi connectivity index (χ2n) is 6.05. The molecular formula is C8H16Cl12Si5. The van der Waals surface area contributed by atoms with E-state index in [1.165, 1.54) is 0 Å². The van der Waals surface area contributed by atoms with Gasteiger partial charge in [0.15, 0.2) is 0 Å². The predicted molar refractivity (Wildman–Crippen MR) is 137 cm³/mol. The SMILES string of the molecule is CC([Si](Cl)(Cl)Cl)[Si](C(C)[Si](Cl)(Cl)Cl)(C(C)[Si](Cl)(Cl)Cl)C(C)[Si](Cl)(Cl)Cl. The maximum Gasteiger partial charge on any atom is 0.341 e. The van der Waals surface area contributed by atoms with Gasteiger partial charge in [-0.3, -0.25) is 0 Å². The molecule has 0 aromatic rings. The van der Waals surface area contributed by atoms with Crippen LogP contribution >= 0.6 is 133 Å². The van der Waals surface area contributed by atoms with Gasteiger partial charge in [0.2, 0.25) is 0 Å². The molecule has 0 radical (unpaired) electrons. The third-order valence-electron chi connectivity index (χ3n) is 4.96. The van der Waals surface area contributed by atoms with Crippen LogP contribution in [0.25, 0.3) is 0 Å². The van der Waals surface area contributed by atoms with Crippen LogP contribution in [-0.2, 0) is 0 Å². The van der Waals surface area contributed by atoms with E-state index in [-0.39, 0.29) is 0 Å². The fraction of sp³-hybridized carbons (Fsp3) is 1.00. The largest absolute Gasteiger partial charge is 0.341 e. The fourth-order valence-corrected chi connectivity index (χ4v) is 49.4. The van der Waals surface area contributed by atoms with Gasteiger partial charge in [0.1, 0.15) is 0 Å². The van der Waals surface area contributed by atoms with Gasteiger partial charge in [-0.15, -0.1) is 133 Å². The van der Waals surface area contributed by atoms with E-state index in [4.69, 9.17) is 133 Å². The first kappa shape index (κ1) is 29.6. The Hall–Kier alpha value is 4.56. The Morgan fingerprint density at radius 2 is 0.480 bits per heavy atom. The Morgan fingerprint density at radius 1 is 0.360 bits per heavy atom. The summed E-state index contributed by atoms with van der Waals surface area (Å²) in [6.07, 6.45) is 0. The number of hydrogen-bond donors (Lipinski definition) is 0. The second kappa shape index (κ2) is 10.0. The zero-order valence-electron chi connectivity index (χ0n) is 13.3. The van der Waals surface area contributed by atoms with Gasteiger partial charge in [0.25, 0.3) is 0 Å². The monoisotopic (exact) mass is 672 g/mol. The van der Waals surface area contributed by atoms with Crippen LogP contribution in [0.5, 0.6) is 0 Å². The van der Waals surface area contributed by atoms with Crippen molar-refractivity contribution in [3.05, 3.63) is 0 Å². The van der Waals surface area contributed by atoms with Crippen molar-refractivity contribution in [1.82, 2.24) is 0 Å². The van der Waals surface area contributed by atoms with Crippen LogP contribution in [0, 0.1) is 0 Å². The van der Waals surface area contributed by atoms with Gasteiger partial charge in [-0.2, -0.15) is 0 Å². The Labute approximate surface area is 210 Å². The fourth-order valence-electron chi connectivity index (χ4n) is 3.38. The first-order valence-electron chi connectivity index (χ1n) is 6.89. The van der Waals surface area contributed by atoms with Crippen molar-refractivity contribution in [3.63, 3.8) is 0 Å². The molecule has 0 fully saturated rings. The second-order valence-corrected chi connectivity index (χ2v) is 50.1. The Morgan fingerprint density at radius 3 is 0.560 bits per heavy atom. The topological polar surface area (TPSA) is 0 Å². The summed E-state index contributed by atoms with van der Waals surface area (Å²) >= 11 is 77.0. The van der Waals surface area contributed by atoms with Crippen molar-refractivity contribution in [2.75, 3.05) is 0 Å². The first-order chi connectivity index (χ1) is 10.6. The van der Waals surface area contributed by atoms with E-state index in [9.17, 15) is 0 Å². The Kier molecular flexibility index (Phi) is 11.8. The number of rotatable bonds is 8. The van der Waals surface area contributed by atoms with Crippen LogP contribution in [-0.4, -0.2) is 32.1 Å². The maximum atomic E-state index is 6.41. The van der Waals surface area contributed by atoms with Crippen LogP contribution in [0.15, 0.2) is 0 Å². The summed E-state index contributed by atoms with van der Waals surface area (Å²) in [4.78, 5) is 0. The molecule has 0 spiro atoms. The summed E-state index contributed by atoms with van der Waals surface area (Å²) in [5.74, 6) is 0. The van der Waals surface area contributed by atoms with Gasteiger partial charge >= 0.3 is 24.0 Å². The molecule has 0 amide bonds. The average Bonchev–Trinajstić information content (AvgIpc) is 2.34. The lowest BCUT2D eigenvalue weighted by Crippen LogP contribution is -2.64. The van der Waals surface area contributed by atoms with E-state index in [0.29, 0.717) is 0 Å². The van der Waals surface area contributed by atoms with Crippen LogP contribution in [0.4, 0.5) is 0 Å². The summed E-state index contributed by atoms with van der Waals surface area (Å²) < 4.78 is 0. The molecular weight excluding hydrogens is 662 g/mol. The highest BCUT2D eigenvalue weighted by molar-refractivity contribution is 7.74. The van der Waals surface area contributed by atoms with Crippen molar-refractivity contribution < 1.29 is 0 Å². The number of halogens is 12. The molecule has 0 aromatic heterocycles. The molecule has 0 aromatic carbocycles. The summed E-state index contributed by atoms with van der Waals surface area (Å²) in [5, 5.41) is -1.78. The molecule has 25 heavy (non-hydrogen) atoms. The van der Waals surface area contributed by atoms with Gasteiger partial charge < -0.3 is 0 Å². The lowest BCUT2D eigenvalue weighted by molar-refractivity contribution is 0.968. The average molecular weight is 678 g/mol. The van der Waals surface area contributed by atoms with Crippen molar-refractivity contribution in [3.8, 4) is 0 Å². The van der Waals surface area contributed by atoms with Crippen molar-refractivity contribution >= 4 is 165 Å². The van der Waals surface area contributed by atoms with E-state index in [0.717, 1.165) is 0 Å². The molecule has 0 rings (SSSR count). The molecule has 152 valence electrons. The minimum absolute atomic E-state index is 0.445. The van der Waals surface area contributed by atoms with E-state index >= 15 is 0 Å². The molecule has 0 saturated carbocycles. The highest BCUT2D eigenvalue weighted by atomic mass is 35.9. The third kappa shape index (κ3) is 7.30. The van der Waals surface area contributed by atoms with Gasteiger partial charge in [-0.05, 0) is 20.7 Å². The predicted octanol–water partition coefficient (Wildman–Crippen LogP) is 9.77. The normalized spacial score (nSPS) is 22.1. The smallest absolute Gasteiger partial charge is 0.126 e. The zero-order chi connectivity index (χ0) is 20.8. The van der Waals surface area contributed by atoms with Crippen molar-refractivity contribution in [2.45, 2.75) is 48.4 Å². The number of hydrogen-bond acceptors (Lipinski definition) is 0. The van der Waals surface area contributed by atoms with Crippen LogP contribution in [0.1, 0.15) is 27.7 Å². The van der Waals surface area contributed by atoms with Crippen LogP contribution < -0.4 is 0 Å². The van der Waals surface area contributed by atoms with Crippen molar-refractivity contribution in [1.29, 1.82) is 0 Å². The highest BCUT2D eigenvalue weighted by Crippen LogP contribution is 2.65. The molecule has 17 heteroatoms. The third-order valence-corrected chi connectivity index (χ3v) is 44.5. The lowest BCUT2D eigenvalue weighted by Gasteiger charge is -2.55. The summed E-state index contributed by atoms with van der Waals surface area (Å²) in [6, 6.07) is -13.2. The molecule has 0 aliphatic rings. The van der Waals surface area contributed by atoms with E-state index in [2.05, 4.69) is 0 Å². The molecule has 0 nitrogen and oxygen atoms in total. The molecule has 0 saturated heterocycles. The maximum absolute atomic E-state index is 6.41. The molecule has 0 aliphatic heterocycles. The van der Waals surface area contributed by atoms with E-state index in [1.54, 1.807) is 0 Å². The van der Waals surface area contributed by atoms with Crippen molar-refractivity contribution in [2.24, 2.45) is 0 Å². The minimum atomic E-state index is -3.30. The standard InChI is InChI=1S/C8H16Cl12Si5/c1-5(22(9,10)11)21(6(2)23(12,13)14,7(3)24(15,16)17)8(4)25(18,19)20/h5-8H,1-4H3. The lowest BCUT2D eigenvalue weighted by atomic mass is 10.9. The molecule has 0 bridgehead atoms. The Balaban J connectivity index is 6.97. The summed E-state index contributed by atoms with van der Waals surface area (Å²) in [6.45, 7) is 7.26. The highest BCUT2D eigenvalue weighted by Gasteiger charge is 2.69. The minimum Gasteiger partial charge on any atom is -0.126 e. The van der Waals surface area contributed by atoms with E-state index in [1.807, 2.05) is 27.7 Å². The Bertz CT molecular complexity index is 365. The quantitative estimate of drug-likeness (QED) is 0.177. The van der Waals surface area contributed by atoms with Gasteiger partial charge in [0.05, 0.1) is 8.07 Å². The molecule has 4 unspecified atom stereocenters. The van der Waals surface area contributed by atoms with Crippen LogP contribution in [0.3, 0.4) is 0 Å². The van der Waals surface area contributed by atoms with Crippen LogP contribution in [0.2, 0.25) is 20.7 Å². The summed E-state index contributed by atoms with van der Waals surface area (Å²) in [7, 11) is -3.09. The van der Waals surface area contributed by atoms with E-state index < -0.39 is 52.7 Å². The van der Waals surface area contributed by atoms with Gasteiger partial charge in [-0.25, -0.2) is 0 Å². The molecule has 0 N–H and O–H groups in total. The zero-order valence-corrected chi connectivity index (χ0v) is 27.4. The molecule has 4 atom stereocenters. The molecule has 0 aliphatic carbocycles. The van der Waals surface area contributed by atoms with Gasteiger partial charge in [-0.1, -0.05) is 27.7 Å². The summed E-state index contributed by atoms with van der Waals surface area (Å²) in [5.41, 5.74) is 0.